The summed E-state index contributed by atoms with van der Waals surface area (Å²) in [5.74, 6) is 0.428. The van der Waals surface area contributed by atoms with Crippen molar-refractivity contribution in [3.05, 3.63) is 21.9 Å². The molecule has 0 spiro atoms. The van der Waals surface area contributed by atoms with E-state index < -0.39 is 0 Å². The number of hydrogen-bond donors (Lipinski definition) is 0. The van der Waals surface area contributed by atoms with E-state index in [-0.39, 0.29) is 0 Å². The van der Waals surface area contributed by atoms with Crippen molar-refractivity contribution in [2.75, 3.05) is 0 Å². The molecule has 0 saturated heterocycles. The van der Waals surface area contributed by atoms with Crippen LogP contribution in [0, 0.1) is 6.92 Å². The highest BCUT2D eigenvalue weighted by Gasteiger charge is 2.07. The van der Waals surface area contributed by atoms with Crippen molar-refractivity contribution in [2.24, 2.45) is 0 Å². The summed E-state index contributed by atoms with van der Waals surface area (Å²) in [6.45, 7) is 6.23. The van der Waals surface area contributed by atoms with Gasteiger partial charge in [-0.25, -0.2) is 0 Å². The lowest BCUT2D eigenvalue weighted by Gasteiger charge is -2.06. The van der Waals surface area contributed by atoms with Crippen LogP contribution in [-0.4, -0.2) is 10.2 Å². The van der Waals surface area contributed by atoms with Crippen molar-refractivity contribution < 1.29 is 0 Å². The molecule has 0 aliphatic heterocycles. The molecule has 0 radical (unpaired) electrons. The molecule has 3 heteroatoms. The zero-order chi connectivity index (χ0) is 8.43. The van der Waals surface area contributed by atoms with Crippen LogP contribution in [0.1, 0.15) is 31.0 Å². The minimum atomic E-state index is 0.428. The summed E-state index contributed by atoms with van der Waals surface area (Å²) in [5.41, 5.74) is 2.17. The van der Waals surface area contributed by atoms with Crippen molar-refractivity contribution in [3.63, 3.8) is 0 Å². The maximum absolute atomic E-state index is 4.04. The van der Waals surface area contributed by atoms with E-state index in [1.54, 1.807) is 6.20 Å². The number of aryl methyl sites for hydroxylation is 1. The lowest BCUT2D eigenvalue weighted by molar-refractivity contribution is 0.773. The third kappa shape index (κ3) is 1.77. The molecule has 1 aromatic heterocycles. The van der Waals surface area contributed by atoms with Crippen LogP contribution in [0.5, 0.6) is 0 Å². The van der Waals surface area contributed by atoms with E-state index in [1.165, 1.54) is 0 Å². The van der Waals surface area contributed by atoms with Gasteiger partial charge >= 0.3 is 0 Å². The first kappa shape index (κ1) is 8.65. The van der Waals surface area contributed by atoms with E-state index >= 15 is 0 Å². The average Bonchev–Trinajstić information content (AvgIpc) is 1.94. The van der Waals surface area contributed by atoms with E-state index in [0.717, 1.165) is 15.7 Å². The molecule has 2 nitrogen and oxygen atoms in total. The van der Waals surface area contributed by atoms with Crippen LogP contribution < -0.4 is 0 Å². The van der Waals surface area contributed by atoms with Gasteiger partial charge in [-0.2, -0.15) is 10.2 Å². The minimum absolute atomic E-state index is 0.428. The molecular weight excluding hydrogens is 204 g/mol. The molecule has 0 bridgehead atoms. The molecule has 0 aromatic carbocycles. The van der Waals surface area contributed by atoms with E-state index in [0.29, 0.717) is 5.92 Å². The van der Waals surface area contributed by atoms with Gasteiger partial charge in [0.25, 0.3) is 0 Å². The topological polar surface area (TPSA) is 25.8 Å². The summed E-state index contributed by atoms with van der Waals surface area (Å²) < 4.78 is 1.09. The van der Waals surface area contributed by atoms with Crippen LogP contribution in [0.15, 0.2) is 10.7 Å². The molecule has 1 rings (SSSR count). The number of halogens is 1. The van der Waals surface area contributed by atoms with Gasteiger partial charge in [0.05, 0.1) is 11.9 Å². The van der Waals surface area contributed by atoms with Crippen molar-refractivity contribution in [1.29, 1.82) is 0 Å². The Kier molecular flexibility index (Phi) is 2.60. The number of hydrogen-bond acceptors (Lipinski definition) is 2. The number of nitrogens with zero attached hydrogens (tertiary/aromatic N) is 2. The van der Waals surface area contributed by atoms with Crippen LogP contribution >= 0.6 is 15.9 Å². The Labute approximate surface area is 75.2 Å². The van der Waals surface area contributed by atoms with Crippen LogP contribution in [0.25, 0.3) is 0 Å². The summed E-state index contributed by atoms with van der Waals surface area (Å²) in [4.78, 5) is 0. The third-order valence-corrected chi connectivity index (χ3v) is 2.57. The SMILES string of the molecule is Cc1cnnc(C(C)C)c1Br. The molecule has 0 amide bonds. The quantitative estimate of drug-likeness (QED) is 0.719. The van der Waals surface area contributed by atoms with E-state index in [1.807, 2.05) is 6.92 Å². The Hall–Kier alpha value is -0.440. The summed E-state index contributed by atoms with van der Waals surface area (Å²) in [5, 5.41) is 7.93. The Morgan fingerprint density at radius 1 is 1.45 bits per heavy atom. The fourth-order valence-electron chi connectivity index (χ4n) is 0.849. The normalized spacial score (nSPS) is 10.6. The molecule has 1 aromatic rings. The van der Waals surface area contributed by atoms with Crippen LogP contribution in [0.4, 0.5) is 0 Å². The predicted octanol–water partition coefficient (Wildman–Crippen LogP) is 2.67. The molecule has 0 saturated carbocycles. The Bertz CT molecular complexity index is 258. The van der Waals surface area contributed by atoms with Gasteiger partial charge in [0.15, 0.2) is 0 Å². The van der Waals surface area contributed by atoms with Gasteiger partial charge in [-0.3, -0.25) is 0 Å². The molecular formula is C8H11BrN2. The lowest BCUT2D eigenvalue weighted by atomic mass is 10.1. The second kappa shape index (κ2) is 3.30. The fourth-order valence-corrected chi connectivity index (χ4v) is 1.49. The molecule has 0 atom stereocenters. The highest BCUT2D eigenvalue weighted by Crippen LogP contribution is 2.23. The van der Waals surface area contributed by atoms with Gasteiger partial charge in [-0.15, -0.1) is 0 Å². The first-order valence-electron chi connectivity index (χ1n) is 3.60. The molecule has 0 N–H and O–H groups in total. The Morgan fingerprint density at radius 3 is 2.55 bits per heavy atom. The van der Waals surface area contributed by atoms with Crippen LogP contribution in [0.2, 0.25) is 0 Å². The van der Waals surface area contributed by atoms with Crippen molar-refractivity contribution >= 4 is 15.9 Å². The summed E-state index contributed by atoms with van der Waals surface area (Å²) in [7, 11) is 0. The van der Waals surface area contributed by atoms with Gasteiger partial charge in [-0.05, 0) is 34.3 Å². The maximum Gasteiger partial charge on any atom is 0.0800 e. The zero-order valence-electron chi connectivity index (χ0n) is 6.93. The van der Waals surface area contributed by atoms with Crippen molar-refractivity contribution in [2.45, 2.75) is 26.7 Å². The highest BCUT2D eigenvalue weighted by atomic mass is 79.9. The summed E-state index contributed by atoms with van der Waals surface area (Å²) >= 11 is 3.48. The third-order valence-electron chi connectivity index (χ3n) is 1.53. The molecule has 0 unspecified atom stereocenters. The zero-order valence-corrected chi connectivity index (χ0v) is 8.51. The Morgan fingerprint density at radius 2 is 2.09 bits per heavy atom. The summed E-state index contributed by atoms with van der Waals surface area (Å²) in [6, 6.07) is 0. The second-order valence-electron chi connectivity index (χ2n) is 2.88. The van der Waals surface area contributed by atoms with Crippen LogP contribution in [0.3, 0.4) is 0 Å². The number of rotatable bonds is 1. The standard InChI is InChI=1S/C8H11BrN2/c1-5(2)8-7(9)6(3)4-10-11-8/h4-5H,1-3H3. The molecule has 0 aliphatic carbocycles. The second-order valence-corrected chi connectivity index (χ2v) is 3.67. The maximum atomic E-state index is 4.04. The van der Waals surface area contributed by atoms with Gasteiger partial charge < -0.3 is 0 Å². The molecule has 60 valence electrons. The van der Waals surface area contributed by atoms with E-state index in [9.17, 15) is 0 Å². The molecule has 1 heterocycles. The van der Waals surface area contributed by atoms with E-state index in [4.69, 9.17) is 0 Å². The van der Waals surface area contributed by atoms with Crippen molar-refractivity contribution in [1.82, 2.24) is 10.2 Å². The lowest BCUT2D eigenvalue weighted by Crippen LogP contribution is -1.97. The van der Waals surface area contributed by atoms with Crippen molar-refractivity contribution in [3.8, 4) is 0 Å². The first-order valence-corrected chi connectivity index (χ1v) is 4.40. The van der Waals surface area contributed by atoms with Gasteiger partial charge in [0.1, 0.15) is 0 Å². The van der Waals surface area contributed by atoms with Gasteiger partial charge in [-0.1, -0.05) is 13.8 Å². The molecule has 0 fully saturated rings. The monoisotopic (exact) mass is 214 g/mol. The van der Waals surface area contributed by atoms with Gasteiger partial charge in [0.2, 0.25) is 0 Å². The Balaban J connectivity index is 3.17. The smallest absolute Gasteiger partial charge is 0.0800 e. The first-order chi connectivity index (χ1) is 5.13. The highest BCUT2D eigenvalue weighted by molar-refractivity contribution is 9.10. The molecule has 11 heavy (non-hydrogen) atoms. The summed E-state index contributed by atoms with van der Waals surface area (Å²) in [6.07, 6.45) is 1.76. The predicted molar refractivity (Wildman–Crippen MR) is 48.6 cm³/mol. The average molecular weight is 215 g/mol. The van der Waals surface area contributed by atoms with Crippen LogP contribution in [-0.2, 0) is 0 Å². The van der Waals surface area contributed by atoms with Gasteiger partial charge in [0, 0.05) is 4.47 Å². The van der Waals surface area contributed by atoms with E-state index in [2.05, 4.69) is 40.0 Å². The fraction of sp³-hybridized carbons (Fsp3) is 0.500. The minimum Gasteiger partial charge on any atom is -0.159 e. The largest absolute Gasteiger partial charge is 0.159 e. The molecule has 0 aliphatic rings. The number of aromatic nitrogens is 2.